The van der Waals surface area contributed by atoms with Gasteiger partial charge in [0.1, 0.15) is 5.69 Å². The van der Waals surface area contributed by atoms with E-state index in [1.165, 1.54) is 12.5 Å². The van der Waals surface area contributed by atoms with E-state index in [1.807, 2.05) is 16.3 Å². The molecule has 1 aliphatic rings. The molecule has 2 atom stereocenters. The number of halogens is 1. The molecule has 2 rings (SSSR count). The molecule has 94 valence electrons. The average molecular weight is 274 g/mol. The van der Waals surface area contributed by atoms with E-state index in [9.17, 15) is 4.79 Å². The van der Waals surface area contributed by atoms with E-state index < -0.39 is 5.97 Å². The van der Waals surface area contributed by atoms with Gasteiger partial charge < -0.3 is 9.67 Å². The van der Waals surface area contributed by atoms with Crippen molar-refractivity contribution in [1.29, 1.82) is 0 Å². The number of aromatic carboxylic acids is 1. The van der Waals surface area contributed by atoms with E-state index in [4.69, 9.17) is 16.7 Å². The summed E-state index contributed by atoms with van der Waals surface area (Å²) < 4.78 is 1.84. The van der Waals surface area contributed by atoms with Crippen molar-refractivity contribution in [3.05, 3.63) is 23.0 Å². The Morgan fingerprint density at radius 1 is 1.59 bits per heavy atom. The summed E-state index contributed by atoms with van der Waals surface area (Å²) in [6.45, 7) is 0. The first-order valence-corrected chi connectivity index (χ1v) is 7.42. The van der Waals surface area contributed by atoms with Gasteiger partial charge in [0.05, 0.1) is 5.02 Å². The first kappa shape index (κ1) is 12.8. The number of nitrogens with zero attached hydrogens (tertiary/aromatic N) is 1. The van der Waals surface area contributed by atoms with Crippen LogP contribution in [0.2, 0.25) is 5.02 Å². The molecule has 17 heavy (non-hydrogen) atoms. The van der Waals surface area contributed by atoms with Crippen LogP contribution in [-0.4, -0.2) is 27.1 Å². The van der Waals surface area contributed by atoms with Gasteiger partial charge in [-0.3, -0.25) is 0 Å². The molecule has 1 heterocycles. The standard InChI is InChI=1S/C12H16ClNO2S/c1-17-10-4-2-3-9(6-10)14-7-8(13)5-11(14)12(15)16/h5,7,9-10H,2-4,6H2,1H3,(H,15,16). The van der Waals surface area contributed by atoms with Gasteiger partial charge in [0.15, 0.2) is 0 Å². The molecule has 1 aromatic heterocycles. The third-order valence-electron chi connectivity index (χ3n) is 3.36. The molecule has 0 saturated heterocycles. The zero-order chi connectivity index (χ0) is 12.4. The van der Waals surface area contributed by atoms with Crippen molar-refractivity contribution < 1.29 is 9.90 Å². The van der Waals surface area contributed by atoms with Crippen LogP contribution >= 0.6 is 23.4 Å². The molecule has 1 N–H and O–H groups in total. The number of carboxylic acids is 1. The molecule has 5 heteroatoms. The Kier molecular flexibility index (Phi) is 4.05. The van der Waals surface area contributed by atoms with Crippen LogP contribution in [-0.2, 0) is 0 Å². The molecule has 0 spiro atoms. The lowest BCUT2D eigenvalue weighted by Gasteiger charge is -2.29. The molecule has 1 saturated carbocycles. The maximum absolute atomic E-state index is 11.1. The van der Waals surface area contributed by atoms with Gasteiger partial charge >= 0.3 is 5.97 Å². The van der Waals surface area contributed by atoms with Crippen molar-refractivity contribution in [2.75, 3.05) is 6.26 Å². The second kappa shape index (κ2) is 5.36. The van der Waals surface area contributed by atoms with Gasteiger partial charge in [0.25, 0.3) is 0 Å². The highest BCUT2D eigenvalue weighted by Gasteiger charge is 2.25. The van der Waals surface area contributed by atoms with E-state index >= 15 is 0 Å². The number of aromatic nitrogens is 1. The van der Waals surface area contributed by atoms with E-state index in [0.717, 1.165) is 19.3 Å². The largest absolute Gasteiger partial charge is 0.477 e. The summed E-state index contributed by atoms with van der Waals surface area (Å²) >= 11 is 7.78. The quantitative estimate of drug-likeness (QED) is 0.913. The van der Waals surface area contributed by atoms with Crippen LogP contribution in [0.1, 0.15) is 42.2 Å². The fourth-order valence-corrected chi connectivity index (χ4v) is 3.53. The van der Waals surface area contributed by atoms with Gasteiger partial charge in [0.2, 0.25) is 0 Å². The number of hydrogen-bond acceptors (Lipinski definition) is 2. The van der Waals surface area contributed by atoms with Crippen molar-refractivity contribution in [2.45, 2.75) is 37.0 Å². The van der Waals surface area contributed by atoms with Crippen molar-refractivity contribution in [3.8, 4) is 0 Å². The molecule has 2 unspecified atom stereocenters. The minimum atomic E-state index is -0.900. The van der Waals surface area contributed by atoms with Gasteiger partial charge in [-0.25, -0.2) is 4.79 Å². The molecule has 0 aliphatic heterocycles. The normalized spacial score (nSPS) is 24.8. The molecule has 0 amide bonds. The molecule has 0 bridgehead atoms. The second-order valence-corrected chi connectivity index (χ2v) is 6.01. The maximum Gasteiger partial charge on any atom is 0.352 e. The lowest BCUT2D eigenvalue weighted by atomic mass is 9.94. The minimum Gasteiger partial charge on any atom is -0.477 e. The van der Waals surface area contributed by atoms with Crippen molar-refractivity contribution in [1.82, 2.24) is 4.57 Å². The Morgan fingerprint density at radius 2 is 2.35 bits per heavy atom. The van der Waals surface area contributed by atoms with Gasteiger partial charge in [-0.2, -0.15) is 11.8 Å². The van der Waals surface area contributed by atoms with E-state index in [-0.39, 0.29) is 6.04 Å². The predicted octanol–water partition coefficient (Wildman–Crippen LogP) is 3.69. The molecule has 3 nitrogen and oxygen atoms in total. The molecule has 0 radical (unpaired) electrons. The average Bonchev–Trinajstić information content (AvgIpc) is 2.72. The van der Waals surface area contributed by atoms with Gasteiger partial charge in [0, 0.05) is 17.5 Å². The van der Waals surface area contributed by atoms with Crippen molar-refractivity contribution in [3.63, 3.8) is 0 Å². The SMILES string of the molecule is CSC1CCCC(n2cc(Cl)cc2C(=O)O)C1. The summed E-state index contributed by atoms with van der Waals surface area (Å²) in [6, 6.07) is 1.81. The molecular formula is C12H16ClNO2S. The highest BCUT2D eigenvalue weighted by Crippen LogP contribution is 2.35. The Balaban J connectivity index is 2.23. The van der Waals surface area contributed by atoms with E-state index in [2.05, 4.69) is 6.26 Å². The first-order chi connectivity index (χ1) is 8.11. The fraction of sp³-hybridized carbons (Fsp3) is 0.583. The van der Waals surface area contributed by atoms with Crippen LogP contribution in [0, 0.1) is 0 Å². The fourth-order valence-electron chi connectivity index (χ4n) is 2.51. The topological polar surface area (TPSA) is 42.2 Å². The molecule has 1 fully saturated rings. The predicted molar refractivity (Wildman–Crippen MR) is 71.2 cm³/mol. The van der Waals surface area contributed by atoms with E-state index in [1.54, 1.807) is 6.20 Å². The van der Waals surface area contributed by atoms with Crippen molar-refractivity contribution in [2.24, 2.45) is 0 Å². The summed E-state index contributed by atoms with van der Waals surface area (Å²) in [5.41, 5.74) is 0.307. The highest BCUT2D eigenvalue weighted by atomic mass is 35.5. The Labute approximate surface area is 110 Å². The second-order valence-electron chi connectivity index (χ2n) is 4.43. The monoisotopic (exact) mass is 273 g/mol. The van der Waals surface area contributed by atoms with Gasteiger partial charge in [-0.05, 0) is 31.6 Å². The number of carbonyl (C=O) groups is 1. The zero-order valence-corrected chi connectivity index (χ0v) is 11.3. The summed E-state index contributed by atoms with van der Waals surface area (Å²) in [4.78, 5) is 11.1. The van der Waals surface area contributed by atoms with Crippen LogP contribution in [0.15, 0.2) is 12.3 Å². The maximum atomic E-state index is 11.1. The lowest BCUT2D eigenvalue weighted by molar-refractivity contribution is 0.0681. The Bertz CT molecular complexity index is 419. The Morgan fingerprint density at radius 3 is 3.00 bits per heavy atom. The molecule has 0 aromatic carbocycles. The molecular weight excluding hydrogens is 258 g/mol. The summed E-state index contributed by atoms with van der Waals surface area (Å²) in [6.07, 6.45) is 8.33. The summed E-state index contributed by atoms with van der Waals surface area (Å²) in [7, 11) is 0. The van der Waals surface area contributed by atoms with Crippen molar-refractivity contribution >= 4 is 29.3 Å². The number of thioether (sulfide) groups is 1. The number of rotatable bonds is 3. The van der Waals surface area contributed by atoms with Gasteiger partial charge in [-0.1, -0.05) is 18.0 Å². The summed E-state index contributed by atoms with van der Waals surface area (Å²) in [5, 5.41) is 10.3. The third-order valence-corrected chi connectivity index (χ3v) is 4.66. The van der Waals surface area contributed by atoms with Crippen LogP contribution in [0.5, 0.6) is 0 Å². The van der Waals surface area contributed by atoms with Crippen LogP contribution < -0.4 is 0 Å². The van der Waals surface area contributed by atoms with Crippen LogP contribution in [0.25, 0.3) is 0 Å². The Hall–Kier alpha value is -0.610. The number of carboxylic acid groups (broad SMARTS) is 1. The minimum absolute atomic E-state index is 0.278. The smallest absolute Gasteiger partial charge is 0.352 e. The van der Waals surface area contributed by atoms with E-state index in [0.29, 0.717) is 16.0 Å². The highest BCUT2D eigenvalue weighted by molar-refractivity contribution is 7.99. The first-order valence-electron chi connectivity index (χ1n) is 5.75. The summed E-state index contributed by atoms with van der Waals surface area (Å²) in [5.74, 6) is -0.900. The number of hydrogen-bond donors (Lipinski definition) is 1. The van der Waals surface area contributed by atoms with Crippen LogP contribution in [0.3, 0.4) is 0 Å². The third kappa shape index (κ3) is 2.80. The van der Waals surface area contributed by atoms with Crippen LogP contribution in [0.4, 0.5) is 0 Å². The lowest BCUT2D eigenvalue weighted by Crippen LogP contribution is -2.22. The van der Waals surface area contributed by atoms with Gasteiger partial charge in [-0.15, -0.1) is 0 Å². The molecule has 1 aromatic rings. The zero-order valence-electron chi connectivity index (χ0n) is 9.73. The molecule has 1 aliphatic carbocycles.